The smallest absolute Gasteiger partial charge is 0.412 e. The van der Waals surface area contributed by atoms with Crippen LogP contribution in [0.1, 0.15) is 70.0 Å². The molecule has 202 valence electrons. The summed E-state index contributed by atoms with van der Waals surface area (Å²) in [4.78, 5) is 29.0. The van der Waals surface area contributed by atoms with Gasteiger partial charge in [-0.15, -0.1) is 11.6 Å². The first kappa shape index (κ1) is 27.3. The van der Waals surface area contributed by atoms with Gasteiger partial charge in [-0.25, -0.2) is 0 Å². The Bertz CT molecular complexity index is 1430. The zero-order valence-corrected chi connectivity index (χ0v) is 24.2. The summed E-state index contributed by atoms with van der Waals surface area (Å²) in [5.74, 6) is 0.380. The lowest BCUT2D eigenvalue weighted by atomic mass is 9.57. The zero-order chi connectivity index (χ0) is 27.9. The molecule has 0 fully saturated rings. The van der Waals surface area contributed by atoms with Gasteiger partial charge >= 0.3 is 13.0 Å². The van der Waals surface area contributed by atoms with E-state index in [0.29, 0.717) is 24.3 Å². The minimum atomic E-state index is -0.603. The molecule has 7 heteroatoms. The quantitative estimate of drug-likeness (QED) is 0.234. The summed E-state index contributed by atoms with van der Waals surface area (Å²) in [6.07, 6.45) is 2.90. The van der Waals surface area contributed by atoms with Gasteiger partial charge in [-0.3, -0.25) is 9.59 Å². The number of anilines is 1. The van der Waals surface area contributed by atoms with Gasteiger partial charge in [0.15, 0.2) is 0 Å². The lowest BCUT2D eigenvalue weighted by Gasteiger charge is -2.41. The molecule has 1 heterocycles. The van der Waals surface area contributed by atoms with Gasteiger partial charge in [-0.1, -0.05) is 42.5 Å². The number of carbonyl (C=O) groups excluding carboxylic acids is 2. The third-order valence-electron chi connectivity index (χ3n) is 8.76. The minimum Gasteiger partial charge on any atom is -0.469 e. The highest BCUT2D eigenvalue weighted by Crippen LogP contribution is 2.42. The lowest BCUT2D eigenvalue weighted by molar-refractivity contribution is -0.151. The van der Waals surface area contributed by atoms with Gasteiger partial charge < -0.3 is 14.8 Å². The number of fused-ring (bicyclic) bond motifs is 2. The van der Waals surface area contributed by atoms with Crippen molar-refractivity contribution in [3.63, 3.8) is 0 Å². The van der Waals surface area contributed by atoms with Crippen molar-refractivity contribution in [3.8, 4) is 0 Å². The van der Waals surface area contributed by atoms with E-state index in [-0.39, 0.29) is 24.9 Å². The van der Waals surface area contributed by atoms with E-state index in [4.69, 9.17) is 16.3 Å². The fourth-order valence-electron chi connectivity index (χ4n) is 6.65. The number of ether oxygens (including phenoxy) is 1. The first-order valence-electron chi connectivity index (χ1n) is 13.7. The summed E-state index contributed by atoms with van der Waals surface area (Å²) in [7, 11) is 1.46. The molecule has 1 N–H and O–H groups in total. The van der Waals surface area contributed by atoms with Crippen LogP contribution in [0.5, 0.6) is 0 Å². The Morgan fingerprint density at radius 3 is 2.38 bits per heavy atom. The van der Waals surface area contributed by atoms with Crippen LogP contribution in [0.25, 0.3) is 0 Å². The number of hydrogen-bond donors (Lipinski definition) is 1. The van der Waals surface area contributed by atoms with Crippen molar-refractivity contribution in [1.82, 2.24) is 4.81 Å². The van der Waals surface area contributed by atoms with Crippen LogP contribution >= 0.6 is 11.6 Å². The highest BCUT2D eigenvalue weighted by Gasteiger charge is 2.46. The number of alkyl halides is 1. The van der Waals surface area contributed by atoms with Crippen LogP contribution < -0.4 is 10.7 Å². The Balaban J connectivity index is 1.72. The van der Waals surface area contributed by atoms with Gasteiger partial charge in [0.1, 0.15) is 0 Å². The van der Waals surface area contributed by atoms with Crippen molar-refractivity contribution >= 4 is 41.6 Å². The molecule has 1 aliphatic carbocycles. The van der Waals surface area contributed by atoms with Crippen LogP contribution in [0.15, 0.2) is 54.6 Å². The second kappa shape index (κ2) is 10.7. The Hall–Kier alpha value is -3.25. The summed E-state index contributed by atoms with van der Waals surface area (Å²) in [6.45, 7) is 8.04. The maximum absolute atomic E-state index is 14.2. The third-order valence-corrected chi connectivity index (χ3v) is 9.03. The van der Waals surface area contributed by atoms with Crippen molar-refractivity contribution in [2.45, 2.75) is 59.4 Å². The Morgan fingerprint density at radius 2 is 1.72 bits per heavy atom. The molecule has 5 nitrogen and oxygen atoms in total. The van der Waals surface area contributed by atoms with Crippen molar-refractivity contribution in [3.05, 3.63) is 93.5 Å². The monoisotopic (exact) mass is 542 g/mol. The highest BCUT2D eigenvalue weighted by atomic mass is 35.5. The van der Waals surface area contributed by atoms with E-state index in [1.807, 2.05) is 54.2 Å². The molecular formula is C32H36BClN2O3. The first-order valence-corrected chi connectivity index (χ1v) is 14.3. The maximum atomic E-state index is 14.2. The van der Waals surface area contributed by atoms with E-state index in [1.54, 1.807) is 0 Å². The number of amides is 1. The molecular weight excluding hydrogens is 507 g/mol. The number of carbonyl (C=O) groups is 2. The molecule has 3 aromatic rings. The summed E-state index contributed by atoms with van der Waals surface area (Å²) in [5.41, 5.74) is 9.10. The van der Waals surface area contributed by atoms with Gasteiger partial charge in [0.05, 0.1) is 18.1 Å². The normalized spacial score (nSPS) is 18.9. The molecule has 0 aromatic heterocycles. The molecule has 1 amide bonds. The maximum Gasteiger partial charge on any atom is 0.412 e. The Kier molecular flexibility index (Phi) is 7.52. The second-order valence-electron chi connectivity index (χ2n) is 11.2. The van der Waals surface area contributed by atoms with E-state index in [1.165, 1.54) is 29.4 Å². The first-order chi connectivity index (χ1) is 18.7. The SMILES string of the molecule is COC(=O)C1(C)Cc2c(C)c(CCCCl)c(B3Nc4ccccc4C(=O)N3[C@@H](C)c3ccccc3)c(C)c2C1. The topological polar surface area (TPSA) is 58.6 Å². The van der Waals surface area contributed by atoms with E-state index in [2.05, 4.69) is 38.1 Å². The van der Waals surface area contributed by atoms with Gasteiger partial charge in [-0.05, 0) is 104 Å². The number of esters is 1. The van der Waals surface area contributed by atoms with Crippen molar-refractivity contribution < 1.29 is 14.3 Å². The van der Waals surface area contributed by atoms with E-state index in [0.717, 1.165) is 35.1 Å². The van der Waals surface area contributed by atoms with Crippen molar-refractivity contribution in [2.75, 3.05) is 18.2 Å². The fourth-order valence-corrected chi connectivity index (χ4v) is 6.78. The zero-order valence-electron chi connectivity index (χ0n) is 23.4. The summed E-state index contributed by atoms with van der Waals surface area (Å²) in [5, 5.41) is 3.76. The molecule has 1 unspecified atom stereocenters. The molecule has 39 heavy (non-hydrogen) atoms. The van der Waals surface area contributed by atoms with Crippen LogP contribution in [0.3, 0.4) is 0 Å². The average Bonchev–Trinajstić information content (AvgIpc) is 3.33. The number of nitrogens with zero attached hydrogens (tertiary/aromatic N) is 1. The molecule has 1 aliphatic heterocycles. The number of hydrogen-bond acceptors (Lipinski definition) is 4. The minimum absolute atomic E-state index is 0.00551. The molecule has 2 atom stereocenters. The van der Waals surface area contributed by atoms with Crippen LogP contribution in [-0.4, -0.2) is 36.7 Å². The number of nitrogens with one attached hydrogen (secondary N) is 1. The molecule has 5 rings (SSSR count). The molecule has 0 bridgehead atoms. The summed E-state index contributed by atoms with van der Waals surface area (Å²) >= 11 is 6.21. The predicted octanol–water partition coefficient (Wildman–Crippen LogP) is 5.78. The second-order valence-corrected chi connectivity index (χ2v) is 11.6. The standard InChI is InChI=1S/C32H36BClN2O3/c1-20-24(15-11-17-34)29(21(2)27-19-32(4,18-26(20)27)31(38)39-5)33-35-28-16-10-9-14-25(28)30(37)36(33)22(3)23-12-7-6-8-13-23/h6-10,12-14,16,22,35H,11,15,17-19H2,1-5H3/t22-,32?/m0/s1. The Labute approximate surface area is 237 Å². The van der Waals surface area contributed by atoms with Gasteiger partial charge in [0, 0.05) is 17.6 Å². The molecule has 0 saturated carbocycles. The number of benzene rings is 3. The average molecular weight is 543 g/mol. The van der Waals surface area contributed by atoms with Gasteiger partial charge in [0.2, 0.25) is 5.91 Å². The van der Waals surface area contributed by atoms with Crippen molar-refractivity contribution in [1.29, 1.82) is 0 Å². The lowest BCUT2D eigenvalue weighted by Crippen LogP contribution is -2.61. The molecule has 2 aliphatic rings. The Morgan fingerprint density at radius 1 is 1.08 bits per heavy atom. The molecule has 0 saturated heterocycles. The van der Waals surface area contributed by atoms with Gasteiger partial charge in [-0.2, -0.15) is 0 Å². The van der Waals surface area contributed by atoms with E-state index >= 15 is 0 Å². The van der Waals surface area contributed by atoms with Crippen LogP contribution in [0.2, 0.25) is 0 Å². The number of para-hydroxylation sites is 1. The predicted molar refractivity (Wildman–Crippen MR) is 159 cm³/mol. The number of methoxy groups -OCH3 is 1. The summed E-state index contributed by atoms with van der Waals surface area (Å²) in [6, 6.07) is 17.8. The van der Waals surface area contributed by atoms with E-state index < -0.39 is 5.41 Å². The van der Waals surface area contributed by atoms with Gasteiger partial charge in [0.25, 0.3) is 0 Å². The summed E-state index contributed by atoms with van der Waals surface area (Å²) < 4.78 is 5.22. The van der Waals surface area contributed by atoms with Crippen LogP contribution in [0, 0.1) is 19.3 Å². The molecule has 0 spiro atoms. The van der Waals surface area contributed by atoms with Crippen molar-refractivity contribution in [2.24, 2.45) is 5.41 Å². The van der Waals surface area contributed by atoms with Crippen LogP contribution in [0.4, 0.5) is 5.69 Å². The highest BCUT2D eigenvalue weighted by molar-refractivity contribution is 6.78. The number of halogens is 1. The number of rotatable bonds is 7. The molecule has 3 aromatic carbocycles. The fraction of sp³-hybridized carbons (Fsp3) is 0.375. The molecule has 0 radical (unpaired) electrons. The third kappa shape index (κ3) is 4.63. The van der Waals surface area contributed by atoms with Crippen LogP contribution in [-0.2, 0) is 28.8 Å². The largest absolute Gasteiger partial charge is 0.469 e. The van der Waals surface area contributed by atoms with E-state index in [9.17, 15) is 9.59 Å².